The lowest BCUT2D eigenvalue weighted by atomic mass is 9.86. The van der Waals surface area contributed by atoms with Crippen LogP contribution in [0.5, 0.6) is 0 Å². The Kier molecular flexibility index (Phi) is 2.19. The smallest absolute Gasteiger partial charge is 0.00828 e. The fourth-order valence-corrected chi connectivity index (χ4v) is 2.03. The van der Waals surface area contributed by atoms with Crippen LogP contribution in [0.1, 0.15) is 23.1 Å². The van der Waals surface area contributed by atoms with Crippen molar-refractivity contribution in [2.45, 2.75) is 25.3 Å². The molecule has 0 aromatic heterocycles. The topological polar surface area (TPSA) is 26.0 Å². The summed E-state index contributed by atoms with van der Waals surface area (Å²) < 4.78 is 0. The molecule has 2 rings (SSSR count). The van der Waals surface area contributed by atoms with Gasteiger partial charge >= 0.3 is 0 Å². The predicted octanol–water partition coefficient (Wildman–Crippen LogP) is 2.15. The van der Waals surface area contributed by atoms with Gasteiger partial charge < -0.3 is 5.73 Å². The van der Waals surface area contributed by atoms with Gasteiger partial charge in [0.2, 0.25) is 0 Å². The molecule has 1 atom stereocenters. The van der Waals surface area contributed by atoms with Gasteiger partial charge in [-0.15, -0.1) is 0 Å². The Bertz CT molecular complexity index is 328. The Balaban J connectivity index is 2.46. The van der Waals surface area contributed by atoms with Crippen LogP contribution in [0.25, 0.3) is 6.08 Å². The van der Waals surface area contributed by atoms with Crippen LogP contribution in [0.4, 0.5) is 0 Å². The zero-order valence-corrected chi connectivity index (χ0v) is 7.79. The lowest BCUT2D eigenvalue weighted by molar-refractivity contribution is 0.576. The highest BCUT2D eigenvalue weighted by molar-refractivity contribution is 5.55. The molecular weight excluding hydrogens is 158 g/mol. The van der Waals surface area contributed by atoms with Gasteiger partial charge in [0.15, 0.2) is 0 Å². The standard InChI is InChI=1S/C12H15N/c1-2-9-4-3-5-10-6-7-11(13)8-12(9)10/h2-5,11H,1,6-8,13H2. The molecule has 68 valence electrons. The van der Waals surface area contributed by atoms with Crippen LogP contribution in [0.3, 0.4) is 0 Å². The van der Waals surface area contributed by atoms with Gasteiger partial charge in [-0.3, -0.25) is 0 Å². The molecule has 1 aliphatic carbocycles. The molecule has 0 saturated heterocycles. The summed E-state index contributed by atoms with van der Waals surface area (Å²) in [6.45, 7) is 3.82. The zero-order valence-electron chi connectivity index (χ0n) is 7.79. The average molecular weight is 173 g/mol. The van der Waals surface area contributed by atoms with E-state index in [9.17, 15) is 0 Å². The van der Waals surface area contributed by atoms with Gasteiger partial charge in [-0.25, -0.2) is 0 Å². The molecule has 0 aliphatic heterocycles. The van der Waals surface area contributed by atoms with E-state index in [1.165, 1.54) is 16.7 Å². The van der Waals surface area contributed by atoms with Crippen molar-refractivity contribution in [3.63, 3.8) is 0 Å². The van der Waals surface area contributed by atoms with Crippen LogP contribution in [0, 0.1) is 0 Å². The van der Waals surface area contributed by atoms with E-state index in [2.05, 4.69) is 24.8 Å². The summed E-state index contributed by atoms with van der Waals surface area (Å²) in [5.41, 5.74) is 10.1. The molecule has 1 unspecified atom stereocenters. The maximum absolute atomic E-state index is 5.94. The maximum Gasteiger partial charge on any atom is 0.00828 e. The van der Waals surface area contributed by atoms with Crippen LogP contribution in [0.15, 0.2) is 24.8 Å². The number of nitrogens with two attached hydrogens (primary N) is 1. The first-order valence-corrected chi connectivity index (χ1v) is 4.80. The summed E-state index contributed by atoms with van der Waals surface area (Å²) in [5, 5.41) is 0. The van der Waals surface area contributed by atoms with E-state index in [1.807, 2.05) is 6.08 Å². The van der Waals surface area contributed by atoms with Crippen molar-refractivity contribution in [2.24, 2.45) is 5.73 Å². The Morgan fingerprint density at radius 3 is 3.08 bits per heavy atom. The number of aryl methyl sites for hydroxylation is 1. The summed E-state index contributed by atoms with van der Waals surface area (Å²) in [4.78, 5) is 0. The summed E-state index contributed by atoms with van der Waals surface area (Å²) in [5.74, 6) is 0. The average Bonchev–Trinajstić information content (AvgIpc) is 2.17. The quantitative estimate of drug-likeness (QED) is 0.692. The van der Waals surface area contributed by atoms with Crippen molar-refractivity contribution in [3.05, 3.63) is 41.5 Å². The van der Waals surface area contributed by atoms with Crippen molar-refractivity contribution in [1.82, 2.24) is 0 Å². The van der Waals surface area contributed by atoms with Crippen molar-refractivity contribution < 1.29 is 0 Å². The first-order chi connectivity index (χ1) is 6.31. The summed E-state index contributed by atoms with van der Waals surface area (Å²) in [6.07, 6.45) is 5.18. The van der Waals surface area contributed by atoms with E-state index in [4.69, 9.17) is 5.73 Å². The molecule has 1 aliphatic rings. The zero-order chi connectivity index (χ0) is 9.26. The highest BCUT2D eigenvalue weighted by atomic mass is 14.6. The van der Waals surface area contributed by atoms with Crippen LogP contribution in [0.2, 0.25) is 0 Å². The number of rotatable bonds is 1. The van der Waals surface area contributed by atoms with Gasteiger partial charge in [-0.05, 0) is 36.0 Å². The van der Waals surface area contributed by atoms with Gasteiger partial charge in [-0.2, -0.15) is 0 Å². The van der Waals surface area contributed by atoms with Crippen LogP contribution >= 0.6 is 0 Å². The van der Waals surface area contributed by atoms with Gasteiger partial charge in [0.25, 0.3) is 0 Å². The van der Waals surface area contributed by atoms with Gasteiger partial charge in [-0.1, -0.05) is 30.9 Å². The highest BCUT2D eigenvalue weighted by Crippen LogP contribution is 2.24. The molecule has 0 amide bonds. The second kappa shape index (κ2) is 3.35. The minimum atomic E-state index is 0.341. The number of hydrogen-bond donors (Lipinski definition) is 1. The first kappa shape index (κ1) is 8.52. The number of fused-ring (bicyclic) bond motifs is 1. The monoisotopic (exact) mass is 173 g/mol. The Morgan fingerprint density at radius 1 is 1.46 bits per heavy atom. The molecule has 13 heavy (non-hydrogen) atoms. The van der Waals surface area contributed by atoms with Crippen LogP contribution in [-0.4, -0.2) is 6.04 Å². The molecule has 0 saturated carbocycles. The van der Waals surface area contributed by atoms with Gasteiger partial charge in [0, 0.05) is 6.04 Å². The summed E-state index contributed by atoms with van der Waals surface area (Å²) in [6, 6.07) is 6.76. The van der Waals surface area contributed by atoms with E-state index >= 15 is 0 Å². The second-order valence-corrected chi connectivity index (χ2v) is 3.69. The number of benzene rings is 1. The van der Waals surface area contributed by atoms with E-state index < -0.39 is 0 Å². The lowest BCUT2D eigenvalue weighted by Gasteiger charge is -2.22. The molecule has 2 N–H and O–H groups in total. The molecule has 0 fully saturated rings. The highest BCUT2D eigenvalue weighted by Gasteiger charge is 2.16. The molecular formula is C12H15N. The van der Waals surface area contributed by atoms with Crippen molar-refractivity contribution in [2.75, 3.05) is 0 Å². The van der Waals surface area contributed by atoms with Crippen molar-refractivity contribution in [3.8, 4) is 0 Å². The normalized spacial score (nSPS) is 20.8. The molecule has 1 heteroatoms. The predicted molar refractivity (Wildman–Crippen MR) is 56.5 cm³/mol. The minimum absolute atomic E-state index is 0.341. The largest absolute Gasteiger partial charge is 0.327 e. The SMILES string of the molecule is C=Cc1cccc2c1CC(N)CC2. The maximum atomic E-state index is 5.94. The molecule has 1 nitrogen and oxygen atoms in total. The summed E-state index contributed by atoms with van der Waals surface area (Å²) >= 11 is 0. The molecule has 0 bridgehead atoms. The van der Waals surface area contributed by atoms with E-state index in [-0.39, 0.29) is 0 Å². The van der Waals surface area contributed by atoms with E-state index in [1.54, 1.807) is 0 Å². The number of hydrogen-bond acceptors (Lipinski definition) is 1. The van der Waals surface area contributed by atoms with Crippen LogP contribution in [-0.2, 0) is 12.8 Å². The molecule has 0 spiro atoms. The molecule has 0 heterocycles. The molecule has 1 aromatic rings. The fraction of sp³-hybridized carbons (Fsp3) is 0.333. The second-order valence-electron chi connectivity index (χ2n) is 3.69. The molecule has 0 radical (unpaired) electrons. The first-order valence-electron chi connectivity index (χ1n) is 4.80. The van der Waals surface area contributed by atoms with Crippen LogP contribution < -0.4 is 5.73 Å². The van der Waals surface area contributed by atoms with E-state index in [0.717, 1.165) is 19.3 Å². The van der Waals surface area contributed by atoms with Crippen molar-refractivity contribution in [1.29, 1.82) is 0 Å². The van der Waals surface area contributed by atoms with Gasteiger partial charge in [0.1, 0.15) is 0 Å². The summed E-state index contributed by atoms with van der Waals surface area (Å²) in [7, 11) is 0. The Labute approximate surface area is 79.3 Å². The third-order valence-electron chi connectivity index (χ3n) is 2.78. The minimum Gasteiger partial charge on any atom is -0.327 e. The Morgan fingerprint density at radius 2 is 2.31 bits per heavy atom. The molecule has 1 aromatic carbocycles. The fourth-order valence-electron chi connectivity index (χ4n) is 2.03. The Hall–Kier alpha value is -1.08. The third kappa shape index (κ3) is 1.52. The van der Waals surface area contributed by atoms with Gasteiger partial charge in [0.05, 0.1) is 0 Å². The lowest BCUT2D eigenvalue weighted by Crippen LogP contribution is -2.28. The van der Waals surface area contributed by atoms with E-state index in [0.29, 0.717) is 6.04 Å². The third-order valence-corrected chi connectivity index (χ3v) is 2.78. The van der Waals surface area contributed by atoms with Crippen molar-refractivity contribution >= 4 is 6.08 Å².